The van der Waals surface area contributed by atoms with Crippen LogP contribution >= 0.6 is 0 Å². The zero-order valence-corrected chi connectivity index (χ0v) is 13.0. The molecule has 0 bridgehead atoms. The van der Waals surface area contributed by atoms with Crippen LogP contribution in [0.3, 0.4) is 0 Å². The average molecular weight is 313 g/mol. The van der Waals surface area contributed by atoms with Crippen LogP contribution in [0.15, 0.2) is 36.7 Å². The van der Waals surface area contributed by atoms with Gasteiger partial charge in [0.2, 0.25) is 0 Å². The second kappa shape index (κ2) is 6.24. The molecule has 1 aromatic heterocycles. The number of hydrogen-bond acceptors (Lipinski definition) is 3. The first-order valence-electron chi connectivity index (χ1n) is 7.66. The molecule has 2 heterocycles. The zero-order chi connectivity index (χ0) is 16.4. The highest BCUT2D eigenvalue weighted by Gasteiger charge is 2.27. The molecule has 2 aromatic rings. The van der Waals surface area contributed by atoms with E-state index < -0.39 is 5.97 Å². The Balaban J connectivity index is 1.74. The molecule has 6 heteroatoms. The number of nitrogens with zero attached hydrogens (tertiary/aromatic N) is 3. The van der Waals surface area contributed by atoms with Crippen molar-refractivity contribution in [2.45, 2.75) is 18.8 Å². The summed E-state index contributed by atoms with van der Waals surface area (Å²) in [5, 5.41) is 8.97. The number of piperidine rings is 1. The first-order valence-corrected chi connectivity index (χ1v) is 7.66. The number of amides is 1. The predicted molar refractivity (Wildman–Crippen MR) is 84.5 cm³/mol. The Bertz CT molecular complexity index is 721. The van der Waals surface area contributed by atoms with Crippen LogP contribution in [0.1, 0.15) is 45.3 Å². The predicted octanol–water partition coefficient (Wildman–Crippen LogP) is 2.14. The number of carbonyl (C=O) groups excluding carboxylic acids is 1. The summed E-state index contributed by atoms with van der Waals surface area (Å²) in [7, 11) is 1.81. The molecule has 1 aliphatic rings. The molecule has 0 spiro atoms. The largest absolute Gasteiger partial charge is 0.478 e. The van der Waals surface area contributed by atoms with Crippen molar-refractivity contribution in [2.75, 3.05) is 13.1 Å². The number of hydrogen-bond donors (Lipinski definition) is 1. The molecule has 1 aromatic carbocycles. The van der Waals surface area contributed by atoms with E-state index in [0.717, 1.165) is 24.9 Å². The Kier molecular flexibility index (Phi) is 4.14. The second-order valence-electron chi connectivity index (χ2n) is 5.88. The van der Waals surface area contributed by atoms with Crippen molar-refractivity contribution < 1.29 is 14.7 Å². The van der Waals surface area contributed by atoms with Gasteiger partial charge in [0, 0.05) is 38.4 Å². The van der Waals surface area contributed by atoms with Gasteiger partial charge < -0.3 is 14.6 Å². The third-order valence-electron chi connectivity index (χ3n) is 4.35. The van der Waals surface area contributed by atoms with Gasteiger partial charge in [0.15, 0.2) is 5.82 Å². The maximum absolute atomic E-state index is 12.6. The quantitative estimate of drug-likeness (QED) is 0.942. The molecular weight excluding hydrogens is 294 g/mol. The Morgan fingerprint density at radius 1 is 1.26 bits per heavy atom. The number of carbonyl (C=O) groups is 2. The number of aromatic nitrogens is 2. The van der Waals surface area contributed by atoms with Crippen LogP contribution in [0.25, 0.3) is 0 Å². The molecule has 23 heavy (non-hydrogen) atoms. The lowest BCUT2D eigenvalue weighted by molar-refractivity contribution is 0.0687. The Morgan fingerprint density at radius 3 is 2.61 bits per heavy atom. The fourth-order valence-electron chi connectivity index (χ4n) is 3.04. The number of carboxylic acid groups (broad SMARTS) is 1. The lowest BCUT2D eigenvalue weighted by atomic mass is 9.90. The molecule has 1 saturated heterocycles. The molecule has 6 nitrogen and oxygen atoms in total. The number of carboxylic acids is 1. The topological polar surface area (TPSA) is 75.4 Å². The average Bonchev–Trinajstić information content (AvgIpc) is 3.00. The summed E-state index contributed by atoms with van der Waals surface area (Å²) < 4.78 is 1.73. The van der Waals surface area contributed by atoms with Gasteiger partial charge >= 0.3 is 5.97 Å². The van der Waals surface area contributed by atoms with Gasteiger partial charge in [0.25, 0.3) is 5.91 Å². The zero-order valence-electron chi connectivity index (χ0n) is 13.0. The molecule has 1 atom stereocenters. The third kappa shape index (κ3) is 3.11. The van der Waals surface area contributed by atoms with E-state index in [1.165, 1.54) is 0 Å². The Labute approximate surface area is 134 Å². The van der Waals surface area contributed by atoms with Crippen LogP contribution in [-0.4, -0.2) is 44.5 Å². The van der Waals surface area contributed by atoms with E-state index in [2.05, 4.69) is 4.98 Å². The second-order valence-corrected chi connectivity index (χ2v) is 5.88. The van der Waals surface area contributed by atoms with Crippen LogP contribution in [0.4, 0.5) is 0 Å². The minimum atomic E-state index is -0.924. The Hall–Kier alpha value is -2.63. The summed E-state index contributed by atoms with van der Waals surface area (Å²) in [4.78, 5) is 29.5. The molecule has 3 rings (SSSR count). The van der Waals surface area contributed by atoms with Crippen LogP contribution in [0.2, 0.25) is 0 Å². The van der Waals surface area contributed by atoms with Crippen molar-refractivity contribution in [3.8, 4) is 0 Å². The van der Waals surface area contributed by atoms with E-state index in [1.54, 1.807) is 29.1 Å². The molecule has 1 N–H and O–H groups in total. The van der Waals surface area contributed by atoms with E-state index in [1.807, 2.05) is 24.1 Å². The van der Waals surface area contributed by atoms with Crippen molar-refractivity contribution in [1.29, 1.82) is 0 Å². The number of likely N-dealkylation sites (tertiary alicyclic amines) is 1. The third-order valence-corrected chi connectivity index (χ3v) is 4.35. The Morgan fingerprint density at radius 2 is 2.00 bits per heavy atom. The maximum atomic E-state index is 12.6. The molecule has 0 saturated carbocycles. The van der Waals surface area contributed by atoms with E-state index in [4.69, 9.17) is 5.11 Å². The van der Waals surface area contributed by atoms with Crippen LogP contribution in [-0.2, 0) is 7.05 Å². The number of rotatable bonds is 3. The van der Waals surface area contributed by atoms with Crippen LogP contribution in [0, 0.1) is 0 Å². The van der Waals surface area contributed by atoms with E-state index in [-0.39, 0.29) is 17.4 Å². The lowest BCUT2D eigenvalue weighted by Gasteiger charge is -2.32. The number of aryl methyl sites for hydroxylation is 1. The minimum absolute atomic E-state index is 0.0515. The molecule has 1 amide bonds. The molecule has 0 unspecified atom stereocenters. The van der Waals surface area contributed by atoms with Crippen molar-refractivity contribution in [3.05, 3.63) is 53.6 Å². The monoisotopic (exact) mass is 313 g/mol. The summed E-state index contributed by atoms with van der Waals surface area (Å²) in [6, 6.07) is 6.94. The normalized spacial score (nSPS) is 18.0. The molecular formula is C17H19N3O3. The van der Waals surface area contributed by atoms with Crippen molar-refractivity contribution in [3.63, 3.8) is 0 Å². The van der Waals surface area contributed by atoms with Gasteiger partial charge in [0.1, 0.15) is 0 Å². The van der Waals surface area contributed by atoms with Gasteiger partial charge in [-0.15, -0.1) is 0 Å². The van der Waals surface area contributed by atoms with Gasteiger partial charge in [-0.2, -0.15) is 0 Å². The van der Waals surface area contributed by atoms with Gasteiger partial charge in [-0.3, -0.25) is 4.79 Å². The van der Waals surface area contributed by atoms with Crippen LogP contribution in [0.5, 0.6) is 0 Å². The smallest absolute Gasteiger partial charge is 0.335 e. The van der Waals surface area contributed by atoms with Gasteiger partial charge in [-0.1, -0.05) is 12.1 Å². The van der Waals surface area contributed by atoms with Gasteiger partial charge in [-0.05, 0) is 30.5 Å². The van der Waals surface area contributed by atoms with Crippen molar-refractivity contribution in [1.82, 2.24) is 14.5 Å². The summed E-state index contributed by atoms with van der Waals surface area (Å²) >= 11 is 0. The van der Waals surface area contributed by atoms with Crippen LogP contribution < -0.4 is 0 Å². The van der Waals surface area contributed by atoms with E-state index >= 15 is 0 Å². The summed E-state index contributed by atoms with van der Waals surface area (Å²) in [6.45, 7) is 1.37. The SMILES string of the molecule is Cn1ccnc1C(=O)N1CCC[C@H](c2ccc(C(=O)O)cc2)C1. The fourth-order valence-corrected chi connectivity index (χ4v) is 3.04. The number of aromatic carboxylic acids is 1. The molecule has 1 aliphatic heterocycles. The molecule has 1 fully saturated rings. The maximum Gasteiger partial charge on any atom is 0.335 e. The van der Waals surface area contributed by atoms with Crippen molar-refractivity contribution in [2.24, 2.45) is 7.05 Å². The molecule has 0 aliphatic carbocycles. The number of imidazole rings is 1. The van der Waals surface area contributed by atoms with Gasteiger partial charge in [0.05, 0.1) is 5.56 Å². The summed E-state index contributed by atoms with van der Waals surface area (Å²) in [5.41, 5.74) is 1.36. The molecule has 120 valence electrons. The van der Waals surface area contributed by atoms with E-state index in [9.17, 15) is 9.59 Å². The standard InChI is InChI=1S/C17H19N3O3/c1-19-10-8-18-15(19)16(21)20-9-2-3-14(11-20)12-4-6-13(7-5-12)17(22)23/h4-8,10,14H,2-3,9,11H2,1H3,(H,22,23)/t14-/m0/s1. The first-order chi connectivity index (χ1) is 11.1. The minimum Gasteiger partial charge on any atom is -0.478 e. The first kappa shape index (κ1) is 15.3. The van der Waals surface area contributed by atoms with E-state index in [0.29, 0.717) is 12.4 Å². The number of benzene rings is 1. The van der Waals surface area contributed by atoms with Gasteiger partial charge in [-0.25, -0.2) is 9.78 Å². The highest BCUT2D eigenvalue weighted by molar-refractivity contribution is 5.91. The lowest BCUT2D eigenvalue weighted by Crippen LogP contribution is -2.40. The molecule has 0 radical (unpaired) electrons. The highest BCUT2D eigenvalue weighted by atomic mass is 16.4. The summed E-state index contributed by atoms with van der Waals surface area (Å²) in [5.74, 6) is -0.293. The fraction of sp³-hybridized carbons (Fsp3) is 0.353. The summed E-state index contributed by atoms with van der Waals surface area (Å²) in [6.07, 6.45) is 5.32. The van der Waals surface area contributed by atoms with Crippen molar-refractivity contribution >= 4 is 11.9 Å². The highest BCUT2D eigenvalue weighted by Crippen LogP contribution is 2.27.